The molecule has 0 bridgehead atoms. The highest BCUT2D eigenvalue weighted by Crippen LogP contribution is 2.21. The zero-order chi connectivity index (χ0) is 15.4. The third-order valence-corrected chi connectivity index (χ3v) is 3.33. The van der Waals surface area contributed by atoms with Crippen molar-refractivity contribution >= 4 is 5.84 Å². The number of rotatable bonds is 5. The molecule has 0 aliphatic rings. The molecule has 112 valence electrons. The topological polar surface area (TPSA) is 110 Å². The number of hydrogen-bond donors (Lipinski definition) is 3. The molecule has 7 heteroatoms. The molecule has 2 heterocycles. The van der Waals surface area contributed by atoms with E-state index in [9.17, 15) is 0 Å². The van der Waals surface area contributed by atoms with E-state index >= 15 is 0 Å². The molecule has 0 radical (unpaired) electrons. The number of aromatic nitrogens is 2. The second kappa shape index (κ2) is 6.36. The molecule has 0 spiro atoms. The Labute approximate surface area is 122 Å². The molecule has 0 aliphatic heterocycles. The predicted octanol–water partition coefficient (Wildman–Crippen LogP) is 1.63. The second-order valence-corrected chi connectivity index (χ2v) is 4.88. The maximum absolute atomic E-state index is 8.67. The van der Waals surface area contributed by atoms with Crippen molar-refractivity contribution < 1.29 is 9.73 Å². The van der Waals surface area contributed by atoms with Crippen molar-refractivity contribution in [3.05, 3.63) is 46.6 Å². The van der Waals surface area contributed by atoms with E-state index in [1.165, 1.54) is 0 Å². The fraction of sp³-hybridized carbons (Fsp3) is 0.357. The van der Waals surface area contributed by atoms with Gasteiger partial charge in [-0.15, -0.1) is 0 Å². The zero-order valence-corrected chi connectivity index (χ0v) is 12.3. The summed E-state index contributed by atoms with van der Waals surface area (Å²) in [6, 6.07) is 3.76. The van der Waals surface area contributed by atoms with Gasteiger partial charge in [-0.1, -0.05) is 10.3 Å². The highest BCUT2D eigenvalue weighted by molar-refractivity contribution is 5.95. The van der Waals surface area contributed by atoms with Crippen LogP contribution >= 0.6 is 0 Å². The van der Waals surface area contributed by atoms with Crippen molar-refractivity contribution in [2.24, 2.45) is 10.9 Å². The largest absolute Gasteiger partial charge is 0.409 e. The second-order valence-electron chi connectivity index (χ2n) is 4.88. The lowest BCUT2D eigenvalue weighted by Gasteiger charge is -2.14. The van der Waals surface area contributed by atoms with Crippen molar-refractivity contribution in [3.63, 3.8) is 0 Å². The normalized spacial score (nSPS) is 13.4. The van der Waals surface area contributed by atoms with Gasteiger partial charge in [0.1, 0.15) is 11.5 Å². The average Bonchev–Trinajstić information content (AvgIpc) is 2.83. The fourth-order valence-electron chi connectivity index (χ4n) is 2.26. The van der Waals surface area contributed by atoms with Gasteiger partial charge in [-0.3, -0.25) is 4.98 Å². The van der Waals surface area contributed by atoms with Gasteiger partial charge in [-0.2, -0.15) is 0 Å². The Morgan fingerprint density at radius 1 is 1.52 bits per heavy atom. The molecular formula is C14H19N5O2. The van der Waals surface area contributed by atoms with Crippen LogP contribution in [-0.2, 0) is 6.54 Å². The van der Waals surface area contributed by atoms with Crippen LogP contribution in [0.25, 0.3) is 0 Å². The molecule has 2 aromatic heterocycles. The van der Waals surface area contributed by atoms with Crippen LogP contribution in [0.15, 0.2) is 28.0 Å². The van der Waals surface area contributed by atoms with Crippen molar-refractivity contribution in [2.45, 2.75) is 33.4 Å². The van der Waals surface area contributed by atoms with E-state index in [4.69, 9.17) is 15.5 Å². The molecule has 21 heavy (non-hydrogen) atoms. The molecule has 0 saturated carbocycles. The first-order chi connectivity index (χ1) is 10.0. The Balaban J connectivity index is 2.06. The molecule has 0 fully saturated rings. The summed E-state index contributed by atoms with van der Waals surface area (Å²) in [6.07, 6.45) is 1.63. The van der Waals surface area contributed by atoms with Crippen LogP contribution in [0.3, 0.4) is 0 Å². The molecule has 0 amide bonds. The molecule has 2 aromatic rings. The lowest BCUT2D eigenvalue weighted by atomic mass is 10.1. The number of nitrogens with zero attached hydrogens (tertiary/aromatic N) is 3. The van der Waals surface area contributed by atoms with Gasteiger partial charge in [-0.25, -0.2) is 0 Å². The smallest absolute Gasteiger partial charge is 0.188 e. The van der Waals surface area contributed by atoms with Crippen LogP contribution in [0.2, 0.25) is 0 Å². The van der Waals surface area contributed by atoms with Crippen molar-refractivity contribution in [2.75, 3.05) is 0 Å². The third-order valence-electron chi connectivity index (χ3n) is 3.33. The van der Waals surface area contributed by atoms with E-state index in [-0.39, 0.29) is 11.9 Å². The van der Waals surface area contributed by atoms with Gasteiger partial charge in [0.2, 0.25) is 0 Å². The third kappa shape index (κ3) is 3.38. The van der Waals surface area contributed by atoms with E-state index in [0.29, 0.717) is 12.2 Å². The van der Waals surface area contributed by atoms with Crippen LogP contribution in [-0.4, -0.2) is 21.2 Å². The Morgan fingerprint density at radius 3 is 2.90 bits per heavy atom. The quantitative estimate of drug-likeness (QED) is 0.334. The van der Waals surface area contributed by atoms with Gasteiger partial charge in [0.25, 0.3) is 0 Å². The van der Waals surface area contributed by atoms with E-state index in [0.717, 1.165) is 22.6 Å². The molecular weight excluding hydrogens is 270 g/mol. The highest BCUT2D eigenvalue weighted by Gasteiger charge is 2.15. The van der Waals surface area contributed by atoms with Crippen LogP contribution in [0.4, 0.5) is 0 Å². The Bertz CT molecular complexity index is 631. The monoisotopic (exact) mass is 289 g/mol. The first-order valence-corrected chi connectivity index (χ1v) is 6.62. The average molecular weight is 289 g/mol. The maximum atomic E-state index is 8.67. The van der Waals surface area contributed by atoms with Gasteiger partial charge in [-0.05, 0) is 38.5 Å². The molecule has 7 nitrogen and oxygen atoms in total. The number of aryl methyl sites for hydroxylation is 2. The number of hydrogen-bond acceptors (Lipinski definition) is 6. The van der Waals surface area contributed by atoms with E-state index in [2.05, 4.69) is 27.5 Å². The Kier molecular flexibility index (Phi) is 4.54. The predicted molar refractivity (Wildman–Crippen MR) is 78.0 cm³/mol. The SMILES string of the molecule is Cc1noc(C)c1C(C)NCc1ccnc(C(N)=NO)c1. The summed E-state index contributed by atoms with van der Waals surface area (Å²) in [5.74, 6) is 0.815. The van der Waals surface area contributed by atoms with Crippen LogP contribution in [0.5, 0.6) is 0 Å². The van der Waals surface area contributed by atoms with Gasteiger partial charge >= 0.3 is 0 Å². The first kappa shape index (κ1) is 15.0. The summed E-state index contributed by atoms with van der Waals surface area (Å²) >= 11 is 0. The number of pyridine rings is 1. The standard InChI is InChI=1S/C14H19N5O2/c1-8(13-9(2)19-21-10(13)3)17-7-11-4-5-16-12(6-11)14(15)18-20/h4-6,8,17,20H,7H2,1-3H3,(H2,15,18). The van der Waals surface area contributed by atoms with Crippen LogP contribution in [0.1, 0.15) is 41.2 Å². The van der Waals surface area contributed by atoms with Crippen molar-refractivity contribution in [1.82, 2.24) is 15.5 Å². The van der Waals surface area contributed by atoms with Gasteiger partial charge in [0.15, 0.2) is 5.84 Å². The van der Waals surface area contributed by atoms with E-state index in [1.807, 2.05) is 19.9 Å². The number of nitrogens with one attached hydrogen (secondary N) is 1. The minimum atomic E-state index is -0.00405. The number of nitrogens with two attached hydrogens (primary N) is 1. The van der Waals surface area contributed by atoms with Gasteiger partial charge in [0, 0.05) is 24.3 Å². The molecule has 2 rings (SSSR count). The lowest BCUT2D eigenvalue weighted by molar-refractivity contribution is 0.318. The Hall–Kier alpha value is -2.41. The van der Waals surface area contributed by atoms with Gasteiger partial charge < -0.3 is 20.8 Å². The molecule has 4 N–H and O–H groups in total. The summed E-state index contributed by atoms with van der Waals surface area (Å²) in [7, 11) is 0. The summed E-state index contributed by atoms with van der Waals surface area (Å²) in [5, 5.41) is 19.0. The maximum Gasteiger partial charge on any atom is 0.188 e. The zero-order valence-electron chi connectivity index (χ0n) is 12.3. The van der Waals surface area contributed by atoms with Crippen molar-refractivity contribution in [1.29, 1.82) is 0 Å². The summed E-state index contributed by atoms with van der Waals surface area (Å²) in [4.78, 5) is 4.05. The minimum Gasteiger partial charge on any atom is -0.409 e. The van der Waals surface area contributed by atoms with E-state index < -0.39 is 0 Å². The molecule has 0 saturated heterocycles. The molecule has 0 aliphatic carbocycles. The number of oxime groups is 1. The van der Waals surface area contributed by atoms with Gasteiger partial charge in [0.05, 0.1) is 5.69 Å². The highest BCUT2D eigenvalue weighted by atomic mass is 16.5. The fourth-order valence-corrected chi connectivity index (χ4v) is 2.26. The lowest BCUT2D eigenvalue weighted by Crippen LogP contribution is -2.20. The summed E-state index contributed by atoms with van der Waals surface area (Å²) in [6.45, 7) is 6.50. The summed E-state index contributed by atoms with van der Waals surface area (Å²) < 4.78 is 5.17. The Morgan fingerprint density at radius 2 is 2.29 bits per heavy atom. The minimum absolute atomic E-state index is 0.00405. The van der Waals surface area contributed by atoms with E-state index in [1.54, 1.807) is 12.3 Å². The van der Waals surface area contributed by atoms with Crippen LogP contribution < -0.4 is 11.1 Å². The van der Waals surface area contributed by atoms with Crippen molar-refractivity contribution in [3.8, 4) is 0 Å². The number of amidine groups is 1. The molecule has 1 unspecified atom stereocenters. The molecule has 1 atom stereocenters. The van der Waals surface area contributed by atoms with Crippen LogP contribution in [0, 0.1) is 13.8 Å². The molecule has 0 aromatic carbocycles. The summed E-state index contributed by atoms with van der Waals surface area (Å²) in [5.41, 5.74) is 8.93. The first-order valence-electron chi connectivity index (χ1n) is 6.62.